The molecule has 1 fully saturated rings. The maximum atomic E-state index is 13.5. The Labute approximate surface area is 139 Å². The molecule has 2 rings (SSSR count). The largest absolute Gasteiger partial charge is 0.444 e. The van der Waals surface area contributed by atoms with Gasteiger partial charge in [0, 0.05) is 18.8 Å². The molecule has 0 radical (unpaired) electrons. The molecule has 0 spiro atoms. The van der Waals surface area contributed by atoms with Crippen LogP contribution in [0.1, 0.15) is 33.6 Å². The van der Waals surface area contributed by atoms with Crippen LogP contribution in [-0.4, -0.2) is 35.7 Å². The van der Waals surface area contributed by atoms with E-state index in [1.807, 2.05) is 20.8 Å². The second-order valence-corrected chi connectivity index (χ2v) is 7.33. The van der Waals surface area contributed by atoms with Gasteiger partial charge in [-0.3, -0.25) is 0 Å². The Kier molecular flexibility index (Phi) is 5.32. The molecule has 1 atom stereocenters. The summed E-state index contributed by atoms with van der Waals surface area (Å²) in [5, 5.41) is 3.19. The fraction of sp³-hybridized carbons (Fsp3) is 0.562. The Morgan fingerprint density at radius 3 is 2.86 bits per heavy atom. The highest BCUT2D eigenvalue weighted by Crippen LogP contribution is 2.23. The molecule has 1 amide bonds. The first-order valence-corrected chi connectivity index (χ1v) is 8.24. The van der Waals surface area contributed by atoms with Crippen LogP contribution in [0, 0.1) is 5.82 Å². The van der Waals surface area contributed by atoms with Gasteiger partial charge in [0.2, 0.25) is 0 Å². The van der Waals surface area contributed by atoms with Crippen LogP contribution in [0.25, 0.3) is 0 Å². The molecule has 0 aromatic heterocycles. The SMILES string of the molecule is CC(C)(C)OC(=O)N1CCCC1CNc1ccc(Br)c(F)c1. The van der Waals surface area contributed by atoms with E-state index in [1.54, 1.807) is 17.0 Å². The van der Waals surface area contributed by atoms with E-state index in [4.69, 9.17) is 4.74 Å². The molecule has 0 bridgehead atoms. The highest BCUT2D eigenvalue weighted by atomic mass is 79.9. The number of carbonyl (C=O) groups excluding carboxylic acids is 1. The molecule has 1 aromatic rings. The van der Waals surface area contributed by atoms with Gasteiger partial charge in [-0.25, -0.2) is 9.18 Å². The van der Waals surface area contributed by atoms with Crippen molar-refractivity contribution in [2.75, 3.05) is 18.4 Å². The van der Waals surface area contributed by atoms with Crippen molar-refractivity contribution in [1.82, 2.24) is 4.90 Å². The quantitative estimate of drug-likeness (QED) is 0.854. The number of rotatable bonds is 3. The highest BCUT2D eigenvalue weighted by Gasteiger charge is 2.31. The number of halogens is 2. The van der Waals surface area contributed by atoms with Crippen LogP contribution in [0.3, 0.4) is 0 Å². The second-order valence-electron chi connectivity index (χ2n) is 6.48. The number of amides is 1. The van der Waals surface area contributed by atoms with E-state index in [2.05, 4.69) is 21.2 Å². The summed E-state index contributed by atoms with van der Waals surface area (Å²) in [5.74, 6) is -0.305. The smallest absolute Gasteiger partial charge is 0.410 e. The van der Waals surface area contributed by atoms with Crippen molar-refractivity contribution in [3.8, 4) is 0 Å². The van der Waals surface area contributed by atoms with Crippen LogP contribution in [0.5, 0.6) is 0 Å². The number of hydrogen-bond acceptors (Lipinski definition) is 3. The fourth-order valence-corrected chi connectivity index (χ4v) is 2.70. The van der Waals surface area contributed by atoms with Crippen LogP contribution in [-0.2, 0) is 4.74 Å². The minimum atomic E-state index is -0.494. The van der Waals surface area contributed by atoms with Crippen molar-refractivity contribution in [1.29, 1.82) is 0 Å². The Morgan fingerprint density at radius 1 is 1.50 bits per heavy atom. The molecule has 1 saturated heterocycles. The lowest BCUT2D eigenvalue weighted by atomic mass is 10.2. The normalized spacial score (nSPS) is 18.4. The van der Waals surface area contributed by atoms with Gasteiger partial charge in [0.05, 0.1) is 10.5 Å². The van der Waals surface area contributed by atoms with Gasteiger partial charge in [-0.1, -0.05) is 0 Å². The average Bonchev–Trinajstić information content (AvgIpc) is 2.87. The summed E-state index contributed by atoms with van der Waals surface area (Å²) >= 11 is 3.13. The minimum Gasteiger partial charge on any atom is -0.444 e. The Bertz CT molecular complexity index is 545. The van der Waals surface area contributed by atoms with Crippen molar-refractivity contribution in [2.45, 2.75) is 45.3 Å². The van der Waals surface area contributed by atoms with Crippen molar-refractivity contribution in [2.24, 2.45) is 0 Å². The van der Waals surface area contributed by atoms with Gasteiger partial charge in [0.1, 0.15) is 11.4 Å². The zero-order valence-electron chi connectivity index (χ0n) is 13.2. The third-order valence-corrected chi connectivity index (χ3v) is 4.11. The predicted molar refractivity (Wildman–Crippen MR) is 88.6 cm³/mol. The van der Waals surface area contributed by atoms with E-state index >= 15 is 0 Å². The molecule has 22 heavy (non-hydrogen) atoms. The third kappa shape index (κ3) is 4.60. The number of likely N-dealkylation sites (tertiary alicyclic amines) is 1. The monoisotopic (exact) mass is 372 g/mol. The number of nitrogens with one attached hydrogen (secondary N) is 1. The van der Waals surface area contributed by atoms with Crippen LogP contribution in [0.2, 0.25) is 0 Å². The van der Waals surface area contributed by atoms with Crippen LogP contribution < -0.4 is 5.32 Å². The molecule has 1 aliphatic rings. The van der Waals surface area contributed by atoms with Crippen molar-refractivity contribution < 1.29 is 13.9 Å². The summed E-state index contributed by atoms with van der Waals surface area (Å²) in [6.07, 6.45) is 1.60. The van der Waals surface area contributed by atoms with Gasteiger partial charge in [-0.05, 0) is 67.7 Å². The topological polar surface area (TPSA) is 41.6 Å². The van der Waals surface area contributed by atoms with Crippen LogP contribution in [0.4, 0.5) is 14.9 Å². The van der Waals surface area contributed by atoms with Crippen molar-refractivity contribution in [3.05, 3.63) is 28.5 Å². The zero-order chi connectivity index (χ0) is 16.3. The van der Waals surface area contributed by atoms with E-state index in [1.165, 1.54) is 6.07 Å². The number of hydrogen-bond donors (Lipinski definition) is 1. The molecule has 1 heterocycles. The molecule has 122 valence electrons. The summed E-state index contributed by atoms with van der Waals surface area (Å²) in [6, 6.07) is 4.98. The van der Waals surface area contributed by atoms with Gasteiger partial charge in [-0.15, -0.1) is 0 Å². The molecule has 1 aromatic carbocycles. The first-order chi connectivity index (χ1) is 10.3. The lowest BCUT2D eigenvalue weighted by Crippen LogP contribution is -2.42. The lowest BCUT2D eigenvalue weighted by Gasteiger charge is -2.29. The Hall–Kier alpha value is -1.30. The van der Waals surface area contributed by atoms with Crippen LogP contribution >= 0.6 is 15.9 Å². The summed E-state index contributed by atoms with van der Waals surface area (Å²) in [7, 11) is 0. The Balaban J connectivity index is 1.93. The van der Waals surface area contributed by atoms with Gasteiger partial charge in [-0.2, -0.15) is 0 Å². The summed E-state index contributed by atoms with van der Waals surface area (Å²) < 4.78 is 19.4. The first-order valence-electron chi connectivity index (χ1n) is 7.45. The summed E-state index contributed by atoms with van der Waals surface area (Å²) in [4.78, 5) is 13.9. The third-order valence-electron chi connectivity index (χ3n) is 3.47. The molecular formula is C16H22BrFN2O2. The van der Waals surface area contributed by atoms with E-state index in [9.17, 15) is 9.18 Å². The predicted octanol–water partition coefficient (Wildman–Crippen LogP) is 4.40. The molecule has 1 aliphatic heterocycles. The number of ether oxygens (including phenoxy) is 1. The van der Waals surface area contributed by atoms with Gasteiger partial charge < -0.3 is 15.0 Å². The van der Waals surface area contributed by atoms with E-state index in [-0.39, 0.29) is 18.0 Å². The van der Waals surface area contributed by atoms with E-state index in [0.29, 0.717) is 23.2 Å². The Morgan fingerprint density at radius 2 is 2.23 bits per heavy atom. The second kappa shape index (κ2) is 6.86. The van der Waals surface area contributed by atoms with Crippen molar-refractivity contribution >= 4 is 27.7 Å². The number of nitrogens with zero attached hydrogens (tertiary/aromatic N) is 1. The molecule has 0 aliphatic carbocycles. The molecule has 0 saturated carbocycles. The standard InChI is InChI=1S/C16H22BrFN2O2/c1-16(2,3)22-15(21)20-8-4-5-12(20)10-19-11-6-7-13(17)14(18)9-11/h6-7,9,12,19H,4-5,8,10H2,1-3H3. The first kappa shape index (κ1) is 17.1. The number of anilines is 1. The van der Waals surface area contributed by atoms with Gasteiger partial charge in [0.25, 0.3) is 0 Å². The van der Waals surface area contributed by atoms with Gasteiger partial charge >= 0.3 is 6.09 Å². The van der Waals surface area contributed by atoms with E-state index in [0.717, 1.165) is 12.8 Å². The maximum Gasteiger partial charge on any atom is 0.410 e. The molecule has 6 heteroatoms. The molecule has 1 N–H and O–H groups in total. The maximum absolute atomic E-state index is 13.5. The molecule has 4 nitrogen and oxygen atoms in total. The molecular weight excluding hydrogens is 351 g/mol. The summed E-state index contributed by atoms with van der Waals surface area (Å²) in [6.45, 7) is 6.87. The average molecular weight is 373 g/mol. The van der Waals surface area contributed by atoms with E-state index < -0.39 is 5.60 Å². The van der Waals surface area contributed by atoms with Gasteiger partial charge in [0.15, 0.2) is 0 Å². The summed E-state index contributed by atoms with van der Waals surface area (Å²) in [5.41, 5.74) is 0.212. The highest BCUT2D eigenvalue weighted by molar-refractivity contribution is 9.10. The van der Waals surface area contributed by atoms with Crippen LogP contribution in [0.15, 0.2) is 22.7 Å². The number of benzene rings is 1. The van der Waals surface area contributed by atoms with Crippen molar-refractivity contribution in [3.63, 3.8) is 0 Å². The zero-order valence-corrected chi connectivity index (χ0v) is 14.7. The lowest BCUT2D eigenvalue weighted by molar-refractivity contribution is 0.0235. The number of carbonyl (C=O) groups is 1. The molecule has 1 unspecified atom stereocenters. The minimum absolute atomic E-state index is 0.0709. The fourth-order valence-electron chi connectivity index (χ4n) is 2.45.